The van der Waals surface area contributed by atoms with Gasteiger partial charge in [0, 0.05) is 0 Å². The van der Waals surface area contributed by atoms with Crippen LogP contribution in [-0.2, 0) is 19.4 Å². The van der Waals surface area contributed by atoms with E-state index in [4.69, 9.17) is 9.84 Å². The van der Waals surface area contributed by atoms with E-state index in [9.17, 15) is 28.3 Å². The maximum atomic E-state index is 10.1. The highest BCUT2D eigenvalue weighted by atomic mass is 32.3. The molecule has 1 fully saturated rings. The Morgan fingerprint density at radius 3 is 2.47 bits per heavy atom. The van der Waals surface area contributed by atoms with E-state index in [2.05, 4.69) is 9.44 Å². The van der Waals surface area contributed by atoms with Crippen LogP contribution in [0.15, 0.2) is 5.16 Å². The molecule has 112 valence electrons. The summed E-state index contributed by atoms with van der Waals surface area (Å²) in [5.41, 5.74) is -0.361. The standard InChI is InChI=1S/C7H13NO9S2/c9-1-3-4(10)5(11)6(12)7(16-3)18-2-8-17-19(13,14)15/h2-7,9-12H,1H2,(H,13,14,15)/p-1/b8-2-/t3-,4-,5+,6-,7+/m1/s1. The molecular weight excluding hydrogens is 306 g/mol. The van der Waals surface area contributed by atoms with Gasteiger partial charge in [-0.3, -0.25) is 4.28 Å². The second kappa shape index (κ2) is 6.81. The number of oxime groups is 1. The van der Waals surface area contributed by atoms with Crippen molar-refractivity contribution in [3.63, 3.8) is 0 Å². The second-order valence-electron chi connectivity index (χ2n) is 3.53. The topological polar surface area (TPSA) is 169 Å². The number of rotatable bonds is 5. The molecule has 0 aromatic heterocycles. The quantitative estimate of drug-likeness (QED) is 0.134. The lowest BCUT2D eigenvalue weighted by molar-refractivity contribution is -0.205. The maximum absolute atomic E-state index is 10.1. The van der Waals surface area contributed by atoms with E-state index in [0.29, 0.717) is 11.8 Å². The molecular formula is C7H12NO9S2-. The van der Waals surface area contributed by atoms with E-state index in [1.165, 1.54) is 0 Å². The minimum Gasteiger partial charge on any atom is -0.714 e. The van der Waals surface area contributed by atoms with Crippen molar-refractivity contribution in [3.8, 4) is 0 Å². The molecule has 1 aliphatic rings. The first-order valence-corrected chi connectivity index (χ1v) is 7.16. The molecule has 0 amide bonds. The van der Waals surface area contributed by atoms with E-state index in [1.807, 2.05) is 0 Å². The predicted octanol–water partition coefficient (Wildman–Crippen LogP) is -3.06. The van der Waals surface area contributed by atoms with Gasteiger partial charge in [0.1, 0.15) is 35.4 Å². The first-order chi connectivity index (χ1) is 8.76. The Morgan fingerprint density at radius 2 is 1.95 bits per heavy atom. The number of nitrogens with zero attached hydrogens (tertiary/aromatic N) is 1. The summed E-state index contributed by atoms with van der Waals surface area (Å²) in [5, 5.41) is 40.2. The SMILES string of the molecule is O=S(=O)([O-])O/N=C\S[C@@H]1O[C@H](CO)[C@@H](O)[C@H](O)[C@H]1O. The molecule has 4 N–H and O–H groups in total. The van der Waals surface area contributed by atoms with Crippen molar-refractivity contribution in [3.05, 3.63) is 0 Å². The Bertz CT molecular complexity index is 411. The number of aliphatic hydroxyl groups is 4. The molecule has 12 heteroatoms. The van der Waals surface area contributed by atoms with Crippen LogP contribution in [0, 0.1) is 0 Å². The van der Waals surface area contributed by atoms with Gasteiger partial charge in [0.2, 0.25) is 0 Å². The Morgan fingerprint density at radius 1 is 1.32 bits per heavy atom. The van der Waals surface area contributed by atoms with Crippen LogP contribution in [0.3, 0.4) is 0 Å². The normalized spacial score (nSPS) is 36.6. The highest BCUT2D eigenvalue weighted by molar-refractivity contribution is 8.12. The molecule has 0 aromatic rings. The molecule has 1 aliphatic heterocycles. The van der Waals surface area contributed by atoms with Crippen molar-refractivity contribution in [1.29, 1.82) is 0 Å². The van der Waals surface area contributed by atoms with Gasteiger partial charge in [-0.05, 0) is 0 Å². The molecule has 0 aromatic carbocycles. The van der Waals surface area contributed by atoms with Crippen LogP contribution in [0.2, 0.25) is 0 Å². The van der Waals surface area contributed by atoms with Crippen molar-refractivity contribution < 1.29 is 42.4 Å². The zero-order valence-corrected chi connectivity index (χ0v) is 10.9. The molecule has 0 saturated carbocycles. The average Bonchev–Trinajstić information content (AvgIpc) is 2.33. The van der Waals surface area contributed by atoms with Gasteiger partial charge in [-0.1, -0.05) is 16.9 Å². The lowest BCUT2D eigenvalue weighted by atomic mass is 10.0. The third-order valence-corrected chi connectivity index (χ3v) is 3.36. The van der Waals surface area contributed by atoms with Crippen LogP contribution in [0.5, 0.6) is 0 Å². The zero-order valence-electron chi connectivity index (χ0n) is 9.27. The molecule has 0 spiro atoms. The summed E-state index contributed by atoms with van der Waals surface area (Å²) in [4.78, 5) is 0. The largest absolute Gasteiger partial charge is 0.714 e. The van der Waals surface area contributed by atoms with Gasteiger partial charge < -0.3 is 29.7 Å². The molecule has 0 aliphatic carbocycles. The molecule has 10 nitrogen and oxygen atoms in total. The minimum absolute atomic E-state index is 0.593. The van der Waals surface area contributed by atoms with E-state index in [1.54, 1.807) is 0 Å². The van der Waals surface area contributed by atoms with Crippen molar-refractivity contribution in [2.24, 2.45) is 5.16 Å². The van der Waals surface area contributed by atoms with Crippen molar-refractivity contribution in [2.45, 2.75) is 29.9 Å². The van der Waals surface area contributed by atoms with Crippen molar-refractivity contribution in [2.75, 3.05) is 6.61 Å². The van der Waals surface area contributed by atoms with E-state index < -0.39 is 46.9 Å². The Labute approximate surface area is 112 Å². The summed E-state index contributed by atoms with van der Waals surface area (Å²) < 4.78 is 38.7. The number of aliphatic hydroxyl groups excluding tert-OH is 4. The van der Waals surface area contributed by atoms with E-state index in [-0.39, 0.29) is 0 Å². The van der Waals surface area contributed by atoms with Crippen molar-refractivity contribution in [1.82, 2.24) is 0 Å². The molecule has 0 bridgehead atoms. The molecule has 0 radical (unpaired) electrons. The molecule has 0 unspecified atom stereocenters. The fourth-order valence-electron chi connectivity index (χ4n) is 1.33. The van der Waals surface area contributed by atoms with Crippen molar-refractivity contribution >= 4 is 27.7 Å². The summed E-state index contributed by atoms with van der Waals surface area (Å²) in [5.74, 6) is 0. The lowest BCUT2D eigenvalue weighted by Gasteiger charge is -2.39. The lowest BCUT2D eigenvalue weighted by Crippen LogP contribution is -2.57. The summed E-state index contributed by atoms with van der Waals surface area (Å²) >= 11 is 0.597. The van der Waals surface area contributed by atoms with E-state index >= 15 is 0 Å². The van der Waals surface area contributed by atoms with Crippen LogP contribution in [-0.4, -0.2) is 75.4 Å². The summed E-state index contributed by atoms with van der Waals surface area (Å²) in [6.45, 7) is -0.593. The average molecular weight is 318 g/mol. The number of hydrogen-bond donors (Lipinski definition) is 4. The summed E-state index contributed by atoms with van der Waals surface area (Å²) in [6, 6.07) is 0. The van der Waals surface area contributed by atoms with Crippen LogP contribution in [0.25, 0.3) is 0 Å². The number of hydrogen-bond acceptors (Lipinski definition) is 11. The molecule has 1 rings (SSSR count). The smallest absolute Gasteiger partial charge is 0.284 e. The molecule has 19 heavy (non-hydrogen) atoms. The van der Waals surface area contributed by atoms with E-state index in [0.717, 1.165) is 5.55 Å². The first-order valence-electron chi connectivity index (χ1n) is 4.88. The van der Waals surface area contributed by atoms with Gasteiger partial charge in [0.15, 0.2) is 0 Å². The Kier molecular flexibility index (Phi) is 5.94. The Balaban J connectivity index is 2.57. The van der Waals surface area contributed by atoms with Crippen LogP contribution >= 0.6 is 11.8 Å². The Hall–Kier alpha value is -0.470. The highest BCUT2D eigenvalue weighted by Gasteiger charge is 2.43. The third kappa shape index (κ3) is 4.85. The molecule has 5 atom stereocenters. The van der Waals surface area contributed by atoms with Gasteiger partial charge in [0.25, 0.3) is 10.4 Å². The fourth-order valence-corrected chi connectivity index (χ4v) is 2.28. The van der Waals surface area contributed by atoms with Gasteiger partial charge in [-0.25, -0.2) is 0 Å². The van der Waals surface area contributed by atoms with Crippen LogP contribution in [0.1, 0.15) is 0 Å². The summed E-state index contributed by atoms with van der Waals surface area (Å²) in [6.07, 6.45) is -5.64. The molecule has 1 heterocycles. The van der Waals surface area contributed by atoms with Crippen LogP contribution in [0.4, 0.5) is 0 Å². The van der Waals surface area contributed by atoms with Gasteiger partial charge >= 0.3 is 0 Å². The predicted molar refractivity (Wildman–Crippen MR) is 60.6 cm³/mol. The van der Waals surface area contributed by atoms with Gasteiger partial charge in [-0.2, -0.15) is 8.42 Å². The first kappa shape index (κ1) is 16.6. The second-order valence-corrected chi connectivity index (χ2v) is 5.44. The number of thioether (sulfide) groups is 1. The maximum Gasteiger partial charge on any atom is 0.284 e. The third-order valence-electron chi connectivity index (χ3n) is 2.22. The summed E-state index contributed by atoms with van der Waals surface area (Å²) in [7, 11) is -4.97. The van der Waals surface area contributed by atoms with Gasteiger partial charge in [-0.15, -0.1) is 0 Å². The fraction of sp³-hybridized carbons (Fsp3) is 0.857. The number of ether oxygens (including phenoxy) is 1. The minimum atomic E-state index is -4.97. The highest BCUT2D eigenvalue weighted by Crippen LogP contribution is 2.27. The monoisotopic (exact) mass is 318 g/mol. The molecule has 1 saturated heterocycles. The zero-order chi connectivity index (χ0) is 14.6. The van der Waals surface area contributed by atoms with Gasteiger partial charge in [0.05, 0.1) is 6.61 Å². The van der Waals surface area contributed by atoms with Crippen LogP contribution < -0.4 is 0 Å².